The van der Waals surface area contributed by atoms with Gasteiger partial charge in [0.15, 0.2) is 0 Å². The number of para-hydroxylation sites is 1. The van der Waals surface area contributed by atoms with E-state index >= 15 is 0 Å². The van der Waals surface area contributed by atoms with Gasteiger partial charge in [-0.2, -0.15) is 0 Å². The fraction of sp³-hybridized carbons (Fsp3) is 0.417. The molecule has 2 aromatic rings. The molecule has 1 unspecified atom stereocenters. The number of hydrogen-bond donors (Lipinski definition) is 1. The number of fused-ring (bicyclic) bond motifs is 1. The number of anilines is 1. The molecule has 1 atom stereocenters. The highest BCUT2D eigenvalue weighted by molar-refractivity contribution is 7.92. The Labute approximate surface area is 189 Å². The number of rotatable bonds is 6. The molecule has 0 spiro atoms. The molecule has 0 aromatic heterocycles. The molecule has 0 radical (unpaired) electrons. The number of likely N-dealkylation sites (tertiary alicyclic amines) is 1. The van der Waals surface area contributed by atoms with E-state index in [-0.39, 0.29) is 22.6 Å². The Bertz CT molecular complexity index is 1120. The highest BCUT2D eigenvalue weighted by Gasteiger charge is 2.30. The van der Waals surface area contributed by atoms with E-state index in [1.165, 1.54) is 10.4 Å². The number of amides is 2. The maximum atomic E-state index is 13.5. The third kappa shape index (κ3) is 4.65. The fourth-order valence-electron chi connectivity index (χ4n) is 4.68. The van der Waals surface area contributed by atoms with Crippen LogP contribution in [-0.4, -0.2) is 44.8 Å². The van der Waals surface area contributed by atoms with Gasteiger partial charge in [-0.25, -0.2) is 8.42 Å². The number of carbonyl (C=O) groups is 2. The maximum absolute atomic E-state index is 13.5. The van der Waals surface area contributed by atoms with Crippen LogP contribution in [0.3, 0.4) is 0 Å². The minimum absolute atomic E-state index is 0.127. The predicted molar refractivity (Wildman–Crippen MR) is 123 cm³/mol. The van der Waals surface area contributed by atoms with Gasteiger partial charge < -0.3 is 10.6 Å². The first-order chi connectivity index (χ1) is 15.4. The van der Waals surface area contributed by atoms with Gasteiger partial charge in [0.25, 0.3) is 15.9 Å². The summed E-state index contributed by atoms with van der Waals surface area (Å²) < 4.78 is 28.4. The molecule has 7 nitrogen and oxygen atoms in total. The lowest BCUT2D eigenvalue weighted by molar-refractivity contribution is -0.118. The quantitative estimate of drug-likeness (QED) is 0.724. The SMILES string of the molecule is NC(=O)CCC1CCCN(C(=O)c2cccc(S(=O)(=O)N3CCCc4ccccc43)c2)C1. The average molecular weight is 456 g/mol. The van der Waals surface area contributed by atoms with Gasteiger partial charge in [-0.3, -0.25) is 13.9 Å². The number of benzene rings is 2. The summed E-state index contributed by atoms with van der Waals surface area (Å²) in [5, 5.41) is 0. The molecule has 8 heteroatoms. The monoisotopic (exact) mass is 455 g/mol. The van der Waals surface area contributed by atoms with Crippen LogP contribution in [0.25, 0.3) is 0 Å². The number of carbonyl (C=O) groups excluding carboxylic acids is 2. The van der Waals surface area contributed by atoms with Gasteiger partial charge in [-0.1, -0.05) is 24.3 Å². The third-order valence-electron chi connectivity index (χ3n) is 6.34. The van der Waals surface area contributed by atoms with E-state index in [1.54, 1.807) is 23.1 Å². The minimum atomic E-state index is -3.78. The average Bonchev–Trinajstić information content (AvgIpc) is 2.82. The molecule has 0 bridgehead atoms. The van der Waals surface area contributed by atoms with E-state index in [1.807, 2.05) is 24.3 Å². The lowest BCUT2D eigenvalue weighted by atomic mass is 9.93. The molecule has 2 aliphatic heterocycles. The third-order valence-corrected chi connectivity index (χ3v) is 8.15. The number of aryl methyl sites for hydroxylation is 1. The van der Waals surface area contributed by atoms with Crippen molar-refractivity contribution < 1.29 is 18.0 Å². The summed E-state index contributed by atoms with van der Waals surface area (Å²) >= 11 is 0. The van der Waals surface area contributed by atoms with E-state index in [4.69, 9.17) is 5.73 Å². The van der Waals surface area contributed by atoms with Gasteiger partial charge in [0.1, 0.15) is 0 Å². The number of primary amides is 1. The van der Waals surface area contributed by atoms with Crippen molar-refractivity contribution in [2.24, 2.45) is 11.7 Å². The number of nitrogens with two attached hydrogens (primary N) is 1. The van der Waals surface area contributed by atoms with Gasteiger partial charge in [-0.05, 0) is 67.9 Å². The lowest BCUT2D eigenvalue weighted by Crippen LogP contribution is -2.40. The standard InChI is InChI=1S/C24H29N3O4S/c25-23(28)13-12-18-6-4-14-26(17-18)24(29)20-8-3-10-21(16-20)32(30,31)27-15-5-9-19-7-1-2-11-22(19)27/h1-3,7-8,10-11,16,18H,4-6,9,12-15,17H2,(H2,25,28). The molecule has 1 fully saturated rings. The first-order valence-electron chi connectivity index (χ1n) is 11.1. The van der Waals surface area contributed by atoms with E-state index in [9.17, 15) is 18.0 Å². The smallest absolute Gasteiger partial charge is 0.264 e. The first-order valence-corrected chi connectivity index (χ1v) is 12.6. The van der Waals surface area contributed by atoms with E-state index in [2.05, 4.69) is 0 Å². The van der Waals surface area contributed by atoms with Crippen molar-refractivity contribution >= 4 is 27.5 Å². The van der Waals surface area contributed by atoms with Gasteiger partial charge in [0.05, 0.1) is 10.6 Å². The molecule has 1 saturated heterocycles. The minimum Gasteiger partial charge on any atom is -0.370 e. The van der Waals surface area contributed by atoms with E-state index < -0.39 is 10.0 Å². The van der Waals surface area contributed by atoms with Crippen LogP contribution in [0.4, 0.5) is 5.69 Å². The van der Waals surface area contributed by atoms with E-state index in [0.29, 0.717) is 43.7 Å². The van der Waals surface area contributed by atoms with Crippen molar-refractivity contribution in [1.82, 2.24) is 4.90 Å². The zero-order chi connectivity index (χ0) is 22.7. The van der Waals surface area contributed by atoms with Crippen LogP contribution in [0.1, 0.15) is 48.0 Å². The summed E-state index contributed by atoms with van der Waals surface area (Å²) in [7, 11) is -3.78. The normalized spacial score (nSPS) is 18.8. The number of piperidine rings is 1. The Kier molecular flexibility index (Phi) is 6.50. The summed E-state index contributed by atoms with van der Waals surface area (Å²) in [4.78, 5) is 26.1. The van der Waals surface area contributed by atoms with Crippen molar-refractivity contribution in [2.75, 3.05) is 23.9 Å². The van der Waals surface area contributed by atoms with Crippen LogP contribution >= 0.6 is 0 Å². The molecule has 4 rings (SSSR count). The molecular formula is C24H29N3O4S. The Morgan fingerprint density at radius 2 is 1.84 bits per heavy atom. The molecule has 32 heavy (non-hydrogen) atoms. The predicted octanol–water partition coefficient (Wildman–Crippen LogP) is 2.95. The molecule has 2 aromatic carbocycles. The maximum Gasteiger partial charge on any atom is 0.264 e. The van der Waals surface area contributed by atoms with Gasteiger partial charge in [0.2, 0.25) is 5.91 Å². The summed E-state index contributed by atoms with van der Waals surface area (Å²) in [6.07, 6.45) is 4.42. The second kappa shape index (κ2) is 9.32. The van der Waals surface area contributed by atoms with Crippen molar-refractivity contribution in [3.8, 4) is 0 Å². The van der Waals surface area contributed by atoms with Crippen molar-refractivity contribution in [2.45, 2.75) is 43.4 Å². The summed E-state index contributed by atoms with van der Waals surface area (Å²) in [6, 6.07) is 13.9. The Balaban J connectivity index is 1.55. The van der Waals surface area contributed by atoms with Crippen LogP contribution in [0.15, 0.2) is 53.4 Å². The summed E-state index contributed by atoms with van der Waals surface area (Å²) in [6.45, 7) is 1.61. The van der Waals surface area contributed by atoms with Crippen molar-refractivity contribution in [3.05, 3.63) is 59.7 Å². The molecule has 2 amide bonds. The highest BCUT2D eigenvalue weighted by Crippen LogP contribution is 2.32. The summed E-state index contributed by atoms with van der Waals surface area (Å²) in [5.74, 6) is -0.271. The number of nitrogens with zero attached hydrogens (tertiary/aromatic N) is 2. The van der Waals surface area contributed by atoms with Crippen LogP contribution in [0, 0.1) is 5.92 Å². The second-order valence-electron chi connectivity index (χ2n) is 8.60. The van der Waals surface area contributed by atoms with Crippen LogP contribution in [0.2, 0.25) is 0 Å². The highest BCUT2D eigenvalue weighted by atomic mass is 32.2. The molecule has 2 N–H and O–H groups in total. The summed E-state index contributed by atoms with van der Waals surface area (Å²) in [5.41, 5.74) is 7.36. The van der Waals surface area contributed by atoms with Crippen LogP contribution < -0.4 is 10.0 Å². The van der Waals surface area contributed by atoms with E-state index in [0.717, 1.165) is 31.2 Å². The van der Waals surface area contributed by atoms with Gasteiger partial charge in [0, 0.05) is 31.6 Å². The molecule has 2 aliphatic rings. The van der Waals surface area contributed by atoms with Crippen molar-refractivity contribution in [3.63, 3.8) is 0 Å². The van der Waals surface area contributed by atoms with Crippen molar-refractivity contribution in [1.29, 1.82) is 0 Å². The second-order valence-corrected chi connectivity index (χ2v) is 10.5. The molecule has 0 aliphatic carbocycles. The van der Waals surface area contributed by atoms with Crippen LogP contribution in [-0.2, 0) is 21.2 Å². The topological polar surface area (TPSA) is 101 Å². The Hall–Kier alpha value is -2.87. The largest absolute Gasteiger partial charge is 0.370 e. The van der Waals surface area contributed by atoms with Gasteiger partial charge in [-0.15, -0.1) is 0 Å². The zero-order valence-corrected chi connectivity index (χ0v) is 18.9. The number of sulfonamides is 1. The molecule has 2 heterocycles. The molecular weight excluding hydrogens is 426 g/mol. The molecule has 170 valence electrons. The Morgan fingerprint density at radius 3 is 2.66 bits per heavy atom. The zero-order valence-electron chi connectivity index (χ0n) is 18.1. The number of hydrogen-bond acceptors (Lipinski definition) is 4. The lowest BCUT2D eigenvalue weighted by Gasteiger charge is -2.33. The Morgan fingerprint density at radius 1 is 1.03 bits per heavy atom. The van der Waals surface area contributed by atoms with Gasteiger partial charge >= 0.3 is 0 Å². The molecule has 0 saturated carbocycles. The first kappa shape index (κ1) is 22.3. The van der Waals surface area contributed by atoms with Crippen LogP contribution in [0.5, 0.6) is 0 Å². The fourth-order valence-corrected chi connectivity index (χ4v) is 6.27.